The van der Waals surface area contributed by atoms with Gasteiger partial charge in [-0.1, -0.05) is 123 Å². The third-order valence-corrected chi connectivity index (χ3v) is 9.50. The largest absolute Gasteiger partial charge is 0.507 e. The number of imidazole rings is 1. The van der Waals surface area contributed by atoms with Crippen LogP contribution in [0.5, 0.6) is 5.75 Å². The van der Waals surface area contributed by atoms with Gasteiger partial charge < -0.3 is 5.11 Å². The van der Waals surface area contributed by atoms with Crippen LogP contribution in [0.3, 0.4) is 0 Å². The summed E-state index contributed by atoms with van der Waals surface area (Å²) in [5.41, 5.74) is 9.29. The first-order valence-corrected chi connectivity index (χ1v) is 17.5. The number of para-hydroxylation sites is 1. The van der Waals surface area contributed by atoms with E-state index in [0.29, 0.717) is 61.6 Å². The molecule has 4 nitrogen and oxygen atoms in total. The van der Waals surface area contributed by atoms with E-state index in [-0.39, 0.29) is 55.4 Å². The molecule has 0 aliphatic heterocycles. The summed E-state index contributed by atoms with van der Waals surface area (Å²) in [6.07, 6.45) is 1.56. The maximum atomic E-state index is 11.6. The summed E-state index contributed by atoms with van der Waals surface area (Å²) >= 11 is 0. The number of nitrogens with zero attached hydrogens (tertiary/aromatic N) is 3. The second-order valence-corrected chi connectivity index (χ2v) is 14.4. The average Bonchev–Trinajstić information content (AvgIpc) is 3.63. The number of fused-ring (bicyclic) bond motifs is 1. The van der Waals surface area contributed by atoms with Crippen LogP contribution in [-0.2, 0) is 26.5 Å². The summed E-state index contributed by atoms with van der Waals surface area (Å²) in [5, 5.41) is 11.6. The van der Waals surface area contributed by atoms with Crippen molar-refractivity contribution in [2.45, 2.75) is 46.9 Å². The number of phenolic OH excluding ortho intramolecular Hbond substituents is 1. The molecular weight excluding hydrogens is 842 g/mol. The number of rotatable bonds is 6. The predicted octanol–water partition coefficient (Wildman–Crippen LogP) is 12.5. The molecule has 270 valence electrons. The molecule has 0 radical (unpaired) electrons. The minimum atomic E-state index is -2.42. The molecule has 2 heterocycles. The van der Waals surface area contributed by atoms with Gasteiger partial charge in [0.1, 0.15) is 11.6 Å². The van der Waals surface area contributed by atoms with E-state index in [2.05, 4.69) is 37.9 Å². The molecule has 8 rings (SSSR count). The summed E-state index contributed by atoms with van der Waals surface area (Å²) in [7, 11) is 0. The third-order valence-electron chi connectivity index (χ3n) is 9.50. The first-order chi connectivity index (χ1) is 28.8. The Morgan fingerprint density at radius 1 is 0.722 bits per heavy atom. The van der Waals surface area contributed by atoms with E-state index in [0.717, 1.165) is 22.3 Å². The van der Waals surface area contributed by atoms with E-state index in [4.69, 9.17) is 16.0 Å². The Morgan fingerprint density at radius 3 is 2.26 bits per heavy atom. The first kappa shape index (κ1) is 28.0. The van der Waals surface area contributed by atoms with Gasteiger partial charge in [0, 0.05) is 42.8 Å². The smallest absolute Gasteiger partial charge is 0.148 e. The first-order valence-electron chi connectivity index (χ1n) is 21.5. The maximum absolute atomic E-state index is 11.6. The van der Waals surface area contributed by atoms with E-state index >= 15 is 0 Å². The number of hydrogen-bond acceptors (Lipinski definition) is 3. The SMILES string of the molecule is [2H]c1c([2H])c([2H])c(-c2ccnc(-c3[c-]c(-c4cccc5c4nc(-c4cc(C)cc(C)c4O)n5-c4cc(-c5ccccc5)cc(C([2H])([2H])[2H])c4)cc(C(C)(C)C)c3)c2)c([2H])c1[2H].[Pt]. The Bertz CT molecular complexity index is 3020. The molecule has 1 N–H and O–H groups in total. The molecule has 0 saturated heterocycles. The number of benzene rings is 6. The fourth-order valence-corrected chi connectivity index (χ4v) is 6.84. The fraction of sp³-hybridized carbons (Fsp3) is 0.143. The normalized spacial score (nSPS) is 13.8. The molecule has 0 fully saturated rings. The zero-order valence-electron chi connectivity index (χ0n) is 38.5. The van der Waals surface area contributed by atoms with Crippen LogP contribution >= 0.6 is 0 Å². The third kappa shape index (κ3) is 7.07. The van der Waals surface area contributed by atoms with Crippen molar-refractivity contribution in [3.05, 3.63) is 168 Å². The molecule has 54 heavy (non-hydrogen) atoms. The second-order valence-electron chi connectivity index (χ2n) is 14.4. The van der Waals surface area contributed by atoms with Crippen LogP contribution in [0.15, 0.2) is 140 Å². The molecule has 0 spiro atoms. The van der Waals surface area contributed by atoms with Crippen LogP contribution in [0.4, 0.5) is 0 Å². The number of phenols is 1. The van der Waals surface area contributed by atoms with E-state index in [1.807, 2.05) is 91.2 Å². The molecule has 0 aliphatic carbocycles. The van der Waals surface area contributed by atoms with Crippen LogP contribution in [0.2, 0.25) is 0 Å². The number of aromatic nitrogens is 3. The summed E-state index contributed by atoms with van der Waals surface area (Å²) in [6, 6.07) is 33.6. The van der Waals surface area contributed by atoms with E-state index in [1.54, 1.807) is 30.5 Å². The Balaban J connectivity index is 0.00000578. The standard InChI is InChI=1S/C49H42N3O.Pt/c1-31-22-33(3)47(53)43(25-31)48-51-46-42(18-13-19-45(46)52(48)41-24-32(2)23-37(29-41)35-16-11-8-12-17-35)38-26-39(28-40(27-38)49(4,5)6)44-30-36(20-21-50-44)34-14-9-7-10-15-34;/h7-25,27-30,53H,1-6H3;/q-1;/i2D3,7D,9D,10D,14D,15D;. The molecule has 6 aromatic carbocycles. The molecule has 0 aliphatic rings. The van der Waals surface area contributed by atoms with E-state index in [1.165, 1.54) is 0 Å². The van der Waals surface area contributed by atoms with Gasteiger partial charge in [-0.2, -0.15) is 0 Å². The van der Waals surface area contributed by atoms with Gasteiger partial charge in [0.25, 0.3) is 0 Å². The molecule has 5 heteroatoms. The quantitative estimate of drug-likeness (QED) is 0.169. The monoisotopic (exact) mass is 891 g/mol. The molecule has 0 unspecified atom stereocenters. The van der Waals surface area contributed by atoms with Gasteiger partial charge in [-0.25, -0.2) is 4.98 Å². The summed E-state index contributed by atoms with van der Waals surface area (Å²) in [4.78, 5) is 9.98. The van der Waals surface area contributed by atoms with Crippen molar-refractivity contribution in [2.75, 3.05) is 0 Å². The van der Waals surface area contributed by atoms with Gasteiger partial charge in [0.2, 0.25) is 0 Å². The minimum absolute atomic E-state index is 0. The van der Waals surface area contributed by atoms with Gasteiger partial charge in [0.05, 0.1) is 23.5 Å². The van der Waals surface area contributed by atoms with Gasteiger partial charge in [-0.15, -0.1) is 29.3 Å². The van der Waals surface area contributed by atoms with Crippen LogP contribution in [0.1, 0.15) is 54.0 Å². The summed E-state index contributed by atoms with van der Waals surface area (Å²) in [6.45, 7) is 7.67. The van der Waals surface area contributed by atoms with Crippen LogP contribution < -0.4 is 0 Å². The Labute approximate surface area is 343 Å². The van der Waals surface area contributed by atoms with E-state index < -0.39 is 25.0 Å². The molecule has 8 aromatic rings. The van der Waals surface area contributed by atoms with Crippen LogP contribution in [0, 0.1) is 26.8 Å². The maximum Gasteiger partial charge on any atom is 0.148 e. The molecule has 0 saturated carbocycles. The fourth-order valence-electron chi connectivity index (χ4n) is 6.84. The predicted molar refractivity (Wildman–Crippen MR) is 219 cm³/mol. The summed E-state index contributed by atoms with van der Waals surface area (Å²) < 4.78 is 69.1. The zero-order valence-corrected chi connectivity index (χ0v) is 32.8. The van der Waals surface area contributed by atoms with Crippen molar-refractivity contribution in [3.63, 3.8) is 0 Å². The Kier molecular flexibility index (Phi) is 7.60. The molecule has 2 aromatic heterocycles. The van der Waals surface area contributed by atoms with Crippen LogP contribution in [-0.4, -0.2) is 19.6 Å². The zero-order chi connectivity index (χ0) is 43.7. The molecule has 0 bridgehead atoms. The van der Waals surface area contributed by atoms with Crippen molar-refractivity contribution in [2.24, 2.45) is 0 Å². The number of hydrogen-bond donors (Lipinski definition) is 1. The van der Waals surface area contributed by atoms with Gasteiger partial charge in [-0.3, -0.25) is 9.55 Å². The van der Waals surface area contributed by atoms with Gasteiger partial charge in [-0.05, 0) is 95.4 Å². The van der Waals surface area contributed by atoms with Crippen molar-refractivity contribution >= 4 is 11.0 Å². The van der Waals surface area contributed by atoms with Crippen molar-refractivity contribution in [1.29, 1.82) is 0 Å². The average molecular weight is 892 g/mol. The topological polar surface area (TPSA) is 50.9 Å². The molecular formula is C49H42N3OPt-. The number of aromatic hydroxyl groups is 1. The van der Waals surface area contributed by atoms with Gasteiger partial charge >= 0.3 is 0 Å². The van der Waals surface area contributed by atoms with Crippen molar-refractivity contribution in [1.82, 2.24) is 14.5 Å². The van der Waals surface area contributed by atoms with Crippen molar-refractivity contribution < 1.29 is 37.1 Å². The Morgan fingerprint density at radius 2 is 1.50 bits per heavy atom. The second kappa shape index (κ2) is 14.7. The van der Waals surface area contributed by atoms with E-state index in [9.17, 15) is 5.11 Å². The molecule has 0 amide bonds. The van der Waals surface area contributed by atoms with Crippen LogP contribution in [0.25, 0.3) is 72.7 Å². The minimum Gasteiger partial charge on any atom is -0.507 e. The van der Waals surface area contributed by atoms with Crippen molar-refractivity contribution in [3.8, 4) is 67.5 Å². The Hall–Kier alpha value is -5.57. The van der Waals surface area contributed by atoms with Gasteiger partial charge in [0.15, 0.2) is 0 Å². The number of aryl methyl sites for hydroxylation is 3. The summed E-state index contributed by atoms with van der Waals surface area (Å²) in [5.74, 6) is 0.487. The molecule has 0 atom stereocenters. The number of pyridine rings is 1.